The molecule has 0 saturated heterocycles. The van der Waals surface area contributed by atoms with Crippen molar-refractivity contribution < 1.29 is 0 Å². The Balaban J connectivity index is 0.000000129. The van der Waals surface area contributed by atoms with E-state index in [1.165, 1.54) is 83.8 Å². The molecule has 0 fully saturated rings. The molecule has 7 heteroatoms. The maximum Gasteiger partial charge on any atom is 0.0463 e. The van der Waals surface area contributed by atoms with E-state index >= 15 is 0 Å². The van der Waals surface area contributed by atoms with Crippen LogP contribution in [0.1, 0.15) is 55.6 Å². The highest BCUT2D eigenvalue weighted by molar-refractivity contribution is 5.86. The molecule has 0 radical (unpaired) electrons. The first kappa shape index (κ1) is 90.9. The molecular formula is C129H113N7. The molecule has 20 aromatic carbocycles. The molecular weight excluding hydrogens is 1650 g/mol. The van der Waals surface area contributed by atoms with Crippen LogP contribution < -0.4 is 34.3 Å². The number of rotatable bonds is 24. The summed E-state index contributed by atoms with van der Waals surface area (Å²) >= 11 is 0. The summed E-state index contributed by atoms with van der Waals surface area (Å²) in [6.07, 6.45) is 0.881. The summed E-state index contributed by atoms with van der Waals surface area (Å²) in [6, 6.07) is 187. The SMILES string of the molecule is Cc1ccc(N(c2ccccc2)c2ccc(-c3ccc(N(c4ccccc4)c4ccc(C)cc4)cc3)cc2)cc1.Cc1ccc(N(c2ccccc2)c2ccc(C)cc2)cc1.Cc1ccc(N(c2ccccc2)c2ccc(Cc3ccc(N(c4ccccc4)c4ccc(C)cc4)cc3)cc2)cc1.Cc1ccc(N(c2ccccc2)c2ccc(N(c3ccccc3)c3ccc(C)cc3)cc2)cc1. The number of nitrogens with zero attached hydrogens (tertiary/aromatic N) is 7. The van der Waals surface area contributed by atoms with Crippen LogP contribution >= 0.6 is 0 Å². The molecule has 0 atom stereocenters. The van der Waals surface area contributed by atoms with E-state index in [0.29, 0.717) is 0 Å². The molecule has 0 aliphatic heterocycles. The van der Waals surface area contributed by atoms with Crippen molar-refractivity contribution in [3.63, 3.8) is 0 Å². The zero-order chi connectivity index (χ0) is 93.3. The average Bonchev–Trinajstić information content (AvgIpc) is 0.796. The van der Waals surface area contributed by atoms with Gasteiger partial charge in [0.2, 0.25) is 0 Å². The summed E-state index contributed by atoms with van der Waals surface area (Å²) < 4.78 is 0. The van der Waals surface area contributed by atoms with Crippen molar-refractivity contribution in [2.75, 3.05) is 34.3 Å². The zero-order valence-corrected chi connectivity index (χ0v) is 78.6. The highest BCUT2D eigenvalue weighted by atomic mass is 15.2. The molecule has 0 unspecified atom stereocenters. The average molecular weight is 1760 g/mol. The van der Waals surface area contributed by atoms with Crippen LogP contribution in [0.15, 0.2) is 528 Å². The number of aryl methyl sites for hydroxylation is 8. The second kappa shape index (κ2) is 44.3. The van der Waals surface area contributed by atoms with Gasteiger partial charge in [-0.1, -0.05) is 317 Å². The molecule has 0 aliphatic rings. The van der Waals surface area contributed by atoms with E-state index in [0.717, 1.165) is 109 Å². The summed E-state index contributed by atoms with van der Waals surface area (Å²) in [5, 5.41) is 0. The fourth-order valence-corrected chi connectivity index (χ4v) is 16.8. The first-order chi connectivity index (χ1) is 66.7. The molecule has 0 heterocycles. The van der Waals surface area contributed by atoms with Crippen LogP contribution in [-0.2, 0) is 6.42 Å². The molecule has 136 heavy (non-hydrogen) atoms. The Labute approximate surface area is 804 Å². The van der Waals surface area contributed by atoms with Gasteiger partial charge in [0, 0.05) is 119 Å². The molecule has 20 rings (SSSR count). The third-order valence-electron chi connectivity index (χ3n) is 24.2. The van der Waals surface area contributed by atoms with Gasteiger partial charge in [-0.25, -0.2) is 0 Å². The van der Waals surface area contributed by atoms with Crippen molar-refractivity contribution in [2.45, 2.75) is 61.8 Å². The number of hydrogen-bond acceptors (Lipinski definition) is 7. The topological polar surface area (TPSA) is 22.7 Å². The van der Waals surface area contributed by atoms with Gasteiger partial charge in [-0.3, -0.25) is 0 Å². The first-order valence-corrected chi connectivity index (χ1v) is 46.7. The Kier molecular flexibility index (Phi) is 29.6. The van der Waals surface area contributed by atoms with Gasteiger partial charge in [-0.05, 0) is 339 Å². The van der Waals surface area contributed by atoms with Crippen LogP contribution in [-0.4, -0.2) is 0 Å². The van der Waals surface area contributed by atoms with Gasteiger partial charge in [-0.2, -0.15) is 0 Å². The van der Waals surface area contributed by atoms with Crippen molar-refractivity contribution in [1.29, 1.82) is 0 Å². The van der Waals surface area contributed by atoms with E-state index in [1.54, 1.807) is 0 Å². The number of anilines is 21. The minimum atomic E-state index is 0.881. The maximum atomic E-state index is 2.31. The number of benzene rings is 20. The van der Waals surface area contributed by atoms with Gasteiger partial charge in [0.15, 0.2) is 0 Å². The van der Waals surface area contributed by atoms with Crippen LogP contribution in [0.5, 0.6) is 0 Å². The lowest BCUT2D eigenvalue weighted by Crippen LogP contribution is -2.12. The van der Waals surface area contributed by atoms with Crippen LogP contribution in [0.3, 0.4) is 0 Å². The molecule has 0 spiro atoms. The quantitative estimate of drug-likeness (QED) is 0.0594. The molecule has 0 N–H and O–H groups in total. The van der Waals surface area contributed by atoms with Gasteiger partial charge in [0.1, 0.15) is 0 Å². The van der Waals surface area contributed by atoms with Gasteiger partial charge >= 0.3 is 0 Å². The third kappa shape index (κ3) is 23.1. The van der Waals surface area contributed by atoms with Gasteiger partial charge < -0.3 is 34.3 Å². The predicted molar refractivity (Wildman–Crippen MR) is 581 cm³/mol. The third-order valence-corrected chi connectivity index (χ3v) is 24.2. The van der Waals surface area contributed by atoms with Gasteiger partial charge in [-0.15, -0.1) is 0 Å². The van der Waals surface area contributed by atoms with Crippen molar-refractivity contribution in [3.05, 3.63) is 583 Å². The first-order valence-electron chi connectivity index (χ1n) is 46.7. The van der Waals surface area contributed by atoms with Crippen molar-refractivity contribution in [1.82, 2.24) is 0 Å². The Morgan fingerprint density at radius 2 is 0.199 bits per heavy atom. The number of hydrogen-bond donors (Lipinski definition) is 0. The Hall–Kier alpha value is -17.0. The minimum absolute atomic E-state index is 0.881. The molecule has 0 amide bonds. The van der Waals surface area contributed by atoms with E-state index in [4.69, 9.17) is 0 Å². The Morgan fingerprint density at radius 1 is 0.103 bits per heavy atom. The number of para-hydroxylation sites is 7. The van der Waals surface area contributed by atoms with Crippen molar-refractivity contribution in [3.8, 4) is 11.1 Å². The highest BCUT2D eigenvalue weighted by Crippen LogP contribution is 2.44. The molecule has 7 nitrogen and oxygen atoms in total. The zero-order valence-electron chi connectivity index (χ0n) is 78.6. The monoisotopic (exact) mass is 1760 g/mol. The van der Waals surface area contributed by atoms with E-state index in [1.807, 2.05) is 6.07 Å². The van der Waals surface area contributed by atoms with Crippen molar-refractivity contribution >= 4 is 119 Å². The molecule has 0 aromatic heterocycles. The standard InChI is InChI=1S/C39H34N2.C38H32N2.C32H28N2.C20H19N/c1-30-13-21-36(22-14-30)40(34-9-5-3-6-10-34)38-25-17-32(18-26-38)29-33-19-27-39(28-20-33)41(35-11-7-4-8-12-35)37-23-15-31(2)16-24-37;1-29-13-21-35(22-14-29)39(33-9-5-3-6-10-33)37-25-17-31(18-26-37)32-19-27-38(28-20-32)40(34-11-7-4-8-12-34)36-23-15-30(2)16-24-36;1-25-13-17-29(18-14-25)33(27-9-5-3-6-10-27)31-21-23-32(24-22-31)34(28-11-7-4-8-12-28)30-19-15-26(2)16-20-30;1-16-8-12-19(13-9-16)21(18-6-4-3-5-7-18)20-14-10-17(2)11-15-20/h3-28H,29H2,1-2H3;3-28H,1-2H3;3-24H,1-2H3;3-15H,1-2H3. The lowest BCUT2D eigenvalue weighted by atomic mass is 10.0. The maximum absolute atomic E-state index is 2.31. The van der Waals surface area contributed by atoms with Gasteiger partial charge in [0.25, 0.3) is 0 Å². The Morgan fingerprint density at radius 3 is 0.324 bits per heavy atom. The molecule has 664 valence electrons. The Bertz CT molecular complexity index is 6640. The fourth-order valence-electron chi connectivity index (χ4n) is 16.8. The molecule has 0 aliphatic carbocycles. The van der Waals surface area contributed by atoms with E-state index < -0.39 is 0 Å². The molecule has 0 saturated carbocycles. The van der Waals surface area contributed by atoms with E-state index in [9.17, 15) is 0 Å². The second-order valence-electron chi connectivity index (χ2n) is 34.5. The molecule has 0 bridgehead atoms. The summed E-state index contributed by atoms with van der Waals surface area (Å²) in [4.78, 5) is 16.1. The second-order valence-corrected chi connectivity index (χ2v) is 34.5. The van der Waals surface area contributed by atoms with Crippen LogP contribution in [0, 0.1) is 55.4 Å². The van der Waals surface area contributed by atoms with E-state index in [2.05, 4.69) is 611 Å². The predicted octanol–water partition coefficient (Wildman–Crippen LogP) is 36.8. The smallest absolute Gasteiger partial charge is 0.0463 e. The normalized spacial score (nSPS) is 10.7. The van der Waals surface area contributed by atoms with Crippen LogP contribution in [0.2, 0.25) is 0 Å². The molecule has 20 aromatic rings. The highest BCUT2D eigenvalue weighted by Gasteiger charge is 2.21. The van der Waals surface area contributed by atoms with Crippen LogP contribution in [0.4, 0.5) is 119 Å². The minimum Gasteiger partial charge on any atom is -0.311 e. The van der Waals surface area contributed by atoms with Crippen LogP contribution in [0.25, 0.3) is 11.1 Å². The van der Waals surface area contributed by atoms with Gasteiger partial charge in [0.05, 0.1) is 0 Å². The van der Waals surface area contributed by atoms with E-state index in [-0.39, 0.29) is 0 Å². The van der Waals surface area contributed by atoms with Crippen molar-refractivity contribution in [2.24, 2.45) is 0 Å². The summed E-state index contributed by atoms with van der Waals surface area (Å²) in [5.74, 6) is 0. The fraction of sp³-hybridized carbons (Fsp3) is 0.0698. The summed E-state index contributed by atoms with van der Waals surface area (Å²) in [6.45, 7) is 17.0. The summed E-state index contributed by atoms with van der Waals surface area (Å²) in [5.41, 5.74) is 39.1. The lowest BCUT2D eigenvalue weighted by molar-refractivity contribution is 1.18. The lowest BCUT2D eigenvalue weighted by Gasteiger charge is -2.28. The summed E-state index contributed by atoms with van der Waals surface area (Å²) in [7, 11) is 0. The largest absolute Gasteiger partial charge is 0.311 e.